The van der Waals surface area contributed by atoms with Gasteiger partial charge in [0, 0.05) is 0 Å². The number of benzene rings is 1. The van der Waals surface area contributed by atoms with Gasteiger partial charge in [0.25, 0.3) is 0 Å². The molecule has 16 heavy (non-hydrogen) atoms. The summed E-state index contributed by atoms with van der Waals surface area (Å²) < 4.78 is 0. The number of rotatable bonds is 1. The van der Waals surface area contributed by atoms with Crippen molar-refractivity contribution in [3.63, 3.8) is 0 Å². The Morgan fingerprint density at radius 2 is 2.06 bits per heavy atom. The molecule has 2 rings (SSSR count). The second kappa shape index (κ2) is 5.17. The van der Waals surface area contributed by atoms with Crippen LogP contribution >= 0.6 is 12.4 Å². The van der Waals surface area contributed by atoms with Crippen LogP contribution in [0.2, 0.25) is 0 Å². The van der Waals surface area contributed by atoms with E-state index in [9.17, 15) is 5.11 Å². The molecule has 2 nitrogen and oxygen atoms in total. The van der Waals surface area contributed by atoms with Crippen LogP contribution < -0.4 is 5.32 Å². The Bertz CT molecular complexity index is 356. The van der Waals surface area contributed by atoms with Crippen LogP contribution in [0.5, 0.6) is 0 Å². The molecule has 0 aromatic heterocycles. The Morgan fingerprint density at radius 3 is 2.69 bits per heavy atom. The number of aliphatic hydroxyl groups is 1. The molecule has 2 unspecified atom stereocenters. The van der Waals surface area contributed by atoms with E-state index in [1.165, 1.54) is 11.1 Å². The lowest BCUT2D eigenvalue weighted by Crippen LogP contribution is -2.53. The summed E-state index contributed by atoms with van der Waals surface area (Å²) in [4.78, 5) is 0. The predicted molar refractivity (Wildman–Crippen MR) is 69.0 cm³/mol. The average Bonchev–Trinajstić information content (AvgIpc) is 2.23. The zero-order chi connectivity index (χ0) is 10.9. The summed E-state index contributed by atoms with van der Waals surface area (Å²) in [5, 5.41) is 13.6. The van der Waals surface area contributed by atoms with Gasteiger partial charge in [0.2, 0.25) is 0 Å². The Morgan fingerprint density at radius 1 is 1.38 bits per heavy atom. The zero-order valence-electron chi connectivity index (χ0n) is 9.86. The van der Waals surface area contributed by atoms with Crippen LogP contribution in [-0.4, -0.2) is 17.8 Å². The van der Waals surface area contributed by atoms with E-state index in [1.54, 1.807) is 0 Å². The first kappa shape index (κ1) is 13.5. The van der Waals surface area contributed by atoms with Crippen LogP contribution in [-0.2, 0) is 5.54 Å². The number of aryl methyl sites for hydroxylation is 1. The molecule has 0 radical (unpaired) electrons. The summed E-state index contributed by atoms with van der Waals surface area (Å²) in [5.74, 6) is 0. The van der Waals surface area contributed by atoms with Gasteiger partial charge in [-0.05, 0) is 44.4 Å². The number of aliphatic hydroxyl groups excluding tert-OH is 1. The number of piperidine rings is 1. The van der Waals surface area contributed by atoms with Gasteiger partial charge in [0.1, 0.15) is 0 Å². The largest absolute Gasteiger partial charge is 0.391 e. The first-order valence-corrected chi connectivity index (χ1v) is 5.64. The van der Waals surface area contributed by atoms with Crippen molar-refractivity contribution in [2.45, 2.75) is 38.3 Å². The van der Waals surface area contributed by atoms with Crippen LogP contribution in [0, 0.1) is 6.92 Å². The quantitative estimate of drug-likeness (QED) is 0.791. The Hall–Kier alpha value is -0.570. The molecule has 1 aromatic rings. The molecule has 0 aliphatic carbocycles. The van der Waals surface area contributed by atoms with Crippen LogP contribution in [0.4, 0.5) is 0 Å². The van der Waals surface area contributed by atoms with Crippen molar-refractivity contribution in [3.05, 3.63) is 35.4 Å². The van der Waals surface area contributed by atoms with Crippen molar-refractivity contribution in [2.75, 3.05) is 6.54 Å². The average molecular weight is 242 g/mol. The van der Waals surface area contributed by atoms with E-state index in [4.69, 9.17) is 0 Å². The molecule has 1 saturated heterocycles. The third-order valence-electron chi connectivity index (χ3n) is 3.52. The maximum atomic E-state index is 10.1. The van der Waals surface area contributed by atoms with Crippen molar-refractivity contribution in [3.8, 4) is 0 Å². The molecular formula is C13H20ClNO. The first-order chi connectivity index (χ1) is 7.14. The van der Waals surface area contributed by atoms with Crippen LogP contribution in [0.25, 0.3) is 0 Å². The van der Waals surface area contributed by atoms with Gasteiger partial charge in [-0.3, -0.25) is 0 Å². The number of nitrogens with one attached hydrogen (secondary N) is 1. The molecule has 0 bridgehead atoms. The fraction of sp³-hybridized carbons (Fsp3) is 0.538. The smallest absolute Gasteiger partial charge is 0.0761 e. The second-order valence-electron chi connectivity index (χ2n) is 4.60. The van der Waals surface area contributed by atoms with Crippen LogP contribution in [0.3, 0.4) is 0 Å². The highest BCUT2D eigenvalue weighted by molar-refractivity contribution is 5.85. The lowest BCUT2D eigenvalue weighted by atomic mass is 9.79. The van der Waals surface area contributed by atoms with Crippen molar-refractivity contribution >= 4 is 12.4 Å². The third-order valence-corrected chi connectivity index (χ3v) is 3.52. The summed E-state index contributed by atoms with van der Waals surface area (Å²) >= 11 is 0. The fourth-order valence-corrected chi connectivity index (χ4v) is 2.48. The van der Waals surface area contributed by atoms with Crippen molar-refractivity contribution < 1.29 is 5.11 Å². The maximum Gasteiger partial charge on any atom is 0.0761 e. The molecular weight excluding hydrogens is 222 g/mol. The van der Waals surface area contributed by atoms with Crippen molar-refractivity contribution in [1.82, 2.24) is 5.32 Å². The highest BCUT2D eigenvalue weighted by Gasteiger charge is 2.37. The van der Waals surface area contributed by atoms with E-state index >= 15 is 0 Å². The first-order valence-electron chi connectivity index (χ1n) is 5.64. The lowest BCUT2D eigenvalue weighted by molar-refractivity contribution is 0.0381. The van der Waals surface area contributed by atoms with Gasteiger partial charge >= 0.3 is 0 Å². The summed E-state index contributed by atoms with van der Waals surface area (Å²) in [7, 11) is 0. The molecule has 90 valence electrons. The van der Waals surface area contributed by atoms with Gasteiger partial charge in [0.15, 0.2) is 0 Å². The number of hydrogen-bond donors (Lipinski definition) is 2. The molecule has 1 aliphatic rings. The van der Waals surface area contributed by atoms with Crippen LogP contribution in [0.1, 0.15) is 30.9 Å². The Labute approximate surface area is 103 Å². The molecule has 0 spiro atoms. The summed E-state index contributed by atoms with van der Waals surface area (Å²) in [6.07, 6.45) is 1.66. The highest BCUT2D eigenvalue weighted by Crippen LogP contribution is 2.32. The summed E-state index contributed by atoms with van der Waals surface area (Å²) in [5.41, 5.74) is 2.19. The lowest BCUT2D eigenvalue weighted by Gasteiger charge is -2.40. The molecule has 1 aromatic carbocycles. The van der Waals surface area contributed by atoms with E-state index < -0.39 is 0 Å². The van der Waals surface area contributed by atoms with Gasteiger partial charge < -0.3 is 10.4 Å². The maximum absolute atomic E-state index is 10.1. The molecule has 2 N–H and O–H groups in total. The zero-order valence-corrected chi connectivity index (χ0v) is 10.7. The molecule has 1 heterocycles. The third kappa shape index (κ3) is 2.24. The standard InChI is InChI=1S/C13H19NO.ClH/c1-10-6-3-4-7-11(10)13(2)12(15)8-5-9-14-13;/h3-4,6-7,12,14-15H,5,8-9H2,1-2H3;1H. The Kier molecular flexibility index (Phi) is 4.36. The topological polar surface area (TPSA) is 32.3 Å². The predicted octanol–water partition coefficient (Wildman–Crippen LogP) is 2.38. The SMILES string of the molecule is Cc1ccccc1C1(C)NCCCC1O.Cl. The minimum Gasteiger partial charge on any atom is -0.391 e. The number of hydrogen-bond acceptors (Lipinski definition) is 2. The summed E-state index contributed by atoms with van der Waals surface area (Å²) in [6, 6.07) is 8.29. The van der Waals surface area contributed by atoms with E-state index in [0.717, 1.165) is 19.4 Å². The highest BCUT2D eigenvalue weighted by atomic mass is 35.5. The van der Waals surface area contributed by atoms with Crippen molar-refractivity contribution in [1.29, 1.82) is 0 Å². The van der Waals surface area contributed by atoms with E-state index in [0.29, 0.717) is 0 Å². The van der Waals surface area contributed by atoms with Gasteiger partial charge in [-0.15, -0.1) is 12.4 Å². The molecule has 0 amide bonds. The second-order valence-corrected chi connectivity index (χ2v) is 4.60. The van der Waals surface area contributed by atoms with Gasteiger partial charge in [-0.25, -0.2) is 0 Å². The van der Waals surface area contributed by atoms with E-state index in [1.807, 2.05) is 12.1 Å². The molecule has 3 heteroatoms. The minimum atomic E-state index is -0.285. The molecule has 0 saturated carbocycles. The van der Waals surface area contributed by atoms with Crippen LogP contribution in [0.15, 0.2) is 24.3 Å². The molecule has 1 aliphatic heterocycles. The van der Waals surface area contributed by atoms with E-state index in [2.05, 4.69) is 31.3 Å². The van der Waals surface area contributed by atoms with Gasteiger partial charge in [-0.1, -0.05) is 24.3 Å². The van der Waals surface area contributed by atoms with Gasteiger partial charge in [-0.2, -0.15) is 0 Å². The number of halogens is 1. The summed E-state index contributed by atoms with van der Waals surface area (Å²) in [6.45, 7) is 5.19. The van der Waals surface area contributed by atoms with E-state index in [-0.39, 0.29) is 24.0 Å². The van der Waals surface area contributed by atoms with Gasteiger partial charge in [0.05, 0.1) is 11.6 Å². The molecule has 2 atom stereocenters. The minimum absolute atomic E-state index is 0. The Balaban J connectivity index is 0.00000128. The molecule has 1 fully saturated rings. The normalized spacial score (nSPS) is 29.6. The van der Waals surface area contributed by atoms with Crippen molar-refractivity contribution in [2.24, 2.45) is 0 Å². The fourth-order valence-electron chi connectivity index (χ4n) is 2.48. The monoisotopic (exact) mass is 241 g/mol.